The molecule has 1 aliphatic rings. The Morgan fingerprint density at radius 3 is 2.68 bits per heavy atom. The third-order valence-electron chi connectivity index (χ3n) is 3.89. The number of carbonyl (C=O) groups is 2. The third kappa shape index (κ3) is 3.67. The fourth-order valence-corrected chi connectivity index (χ4v) is 2.80. The van der Waals surface area contributed by atoms with Gasteiger partial charge in [0, 0.05) is 18.1 Å². The maximum atomic E-state index is 12.7. The number of amides is 2. The van der Waals surface area contributed by atoms with Crippen molar-refractivity contribution in [2.75, 3.05) is 18.5 Å². The Hall–Kier alpha value is -2.79. The van der Waals surface area contributed by atoms with Crippen LogP contribution in [0.3, 0.4) is 0 Å². The number of hydrogen-bond acceptors (Lipinski definition) is 3. The Balaban J connectivity index is 1.88. The number of hydrogen-bond donors (Lipinski definition) is 1. The molecule has 0 saturated carbocycles. The zero-order chi connectivity index (χ0) is 17.8. The van der Waals surface area contributed by atoms with Gasteiger partial charge in [-0.25, -0.2) is 0 Å². The number of carbonyl (C=O) groups excluding carboxylic acids is 2. The first-order chi connectivity index (χ1) is 12.1. The van der Waals surface area contributed by atoms with Gasteiger partial charge >= 0.3 is 0 Å². The van der Waals surface area contributed by atoms with E-state index in [1.807, 2.05) is 24.3 Å². The summed E-state index contributed by atoms with van der Waals surface area (Å²) in [6.45, 7) is 0.141. The van der Waals surface area contributed by atoms with Crippen molar-refractivity contribution in [2.24, 2.45) is 0 Å². The second-order valence-electron chi connectivity index (χ2n) is 5.49. The van der Waals surface area contributed by atoms with Crippen LogP contribution in [0.4, 0.5) is 5.69 Å². The molecule has 128 valence electrons. The molecular weight excluding hydrogens is 340 g/mol. The SMILES string of the molecule is CNC(=O)[C@@H]1CN(C(=O)/C=C/c2ccccc2Cl)c2ccccc2O1. The van der Waals surface area contributed by atoms with E-state index in [1.54, 1.807) is 30.3 Å². The van der Waals surface area contributed by atoms with E-state index in [-0.39, 0.29) is 18.4 Å². The number of nitrogens with zero attached hydrogens (tertiary/aromatic N) is 1. The minimum atomic E-state index is -0.752. The van der Waals surface area contributed by atoms with Crippen molar-refractivity contribution in [1.82, 2.24) is 5.32 Å². The van der Waals surface area contributed by atoms with Gasteiger partial charge in [0.2, 0.25) is 0 Å². The summed E-state index contributed by atoms with van der Waals surface area (Å²) in [5.41, 5.74) is 1.39. The standard InChI is InChI=1S/C19H17ClN2O3/c1-21-19(24)17-12-22(15-8-4-5-9-16(15)25-17)18(23)11-10-13-6-2-3-7-14(13)20/h2-11,17H,12H2,1H3,(H,21,24)/b11-10+/t17-/m0/s1. The van der Waals surface area contributed by atoms with E-state index in [9.17, 15) is 9.59 Å². The zero-order valence-electron chi connectivity index (χ0n) is 13.6. The lowest BCUT2D eigenvalue weighted by molar-refractivity contribution is -0.127. The van der Waals surface area contributed by atoms with Gasteiger partial charge in [0.05, 0.1) is 12.2 Å². The van der Waals surface area contributed by atoms with E-state index in [2.05, 4.69) is 5.32 Å². The molecule has 0 bridgehead atoms. The number of halogens is 1. The van der Waals surface area contributed by atoms with Gasteiger partial charge in [-0.15, -0.1) is 0 Å². The molecule has 2 aromatic carbocycles. The monoisotopic (exact) mass is 356 g/mol. The van der Waals surface area contributed by atoms with E-state index >= 15 is 0 Å². The highest BCUT2D eigenvalue weighted by Crippen LogP contribution is 2.33. The Morgan fingerprint density at radius 2 is 1.92 bits per heavy atom. The van der Waals surface area contributed by atoms with Gasteiger partial charge in [-0.05, 0) is 29.8 Å². The summed E-state index contributed by atoms with van der Waals surface area (Å²) in [7, 11) is 1.54. The zero-order valence-corrected chi connectivity index (χ0v) is 14.4. The number of rotatable bonds is 3. The first-order valence-corrected chi connectivity index (χ1v) is 8.19. The molecule has 5 nitrogen and oxygen atoms in total. The van der Waals surface area contributed by atoms with E-state index in [4.69, 9.17) is 16.3 Å². The van der Waals surface area contributed by atoms with Crippen LogP contribution in [-0.2, 0) is 9.59 Å². The van der Waals surface area contributed by atoms with Gasteiger partial charge in [-0.1, -0.05) is 41.9 Å². The van der Waals surface area contributed by atoms with Crippen LogP contribution in [0.25, 0.3) is 6.08 Å². The normalized spacial score (nSPS) is 16.2. The molecule has 0 radical (unpaired) electrons. The number of fused-ring (bicyclic) bond motifs is 1. The first kappa shape index (κ1) is 17.0. The predicted molar refractivity (Wildman–Crippen MR) is 97.8 cm³/mol. The van der Waals surface area contributed by atoms with Crippen molar-refractivity contribution in [3.05, 3.63) is 65.2 Å². The number of para-hydroxylation sites is 2. The van der Waals surface area contributed by atoms with Crippen molar-refractivity contribution < 1.29 is 14.3 Å². The lowest BCUT2D eigenvalue weighted by Crippen LogP contribution is -2.49. The largest absolute Gasteiger partial charge is 0.477 e. The number of likely N-dealkylation sites (N-methyl/N-ethyl adjacent to an activating group) is 1. The highest BCUT2D eigenvalue weighted by atomic mass is 35.5. The van der Waals surface area contributed by atoms with Crippen molar-refractivity contribution in [2.45, 2.75) is 6.10 Å². The Labute approximate surface area is 150 Å². The van der Waals surface area contributed by atoms with Crippen LogP contribution in [0.15, 0.2) is 54.6 Å². The summed E-state index contributed by atoms with van der Waals surface area (Å²) in [5, 5.41) is 3.12. The molecule has 6 heteroatoms. The Morgan fingerprint density at radius 1 is 1.20 bits per heavy atom. The summed E-state index contributed by atoms with van der Waals surface area (Å²) in [6.07, 6.45) is 2.36. The van der Waals surface area contributed by atoms with Crippen LogP contribution in [0, 0.1) is 0 Å². The van der Waals surface area contributed by atoms with Gasteiger partial charge < -0.3 is 15.0 Å². The molecule has 25 heavy (non-hydrogen) atoms. The van der Waals surface area contributed by atoms with Crippen LogP contribution < -0.4 is 15.0 Å². The number of benzene rings is 2. The fourth-order valence-electron chi connectivity index (χ4n) is 2.60. The van der Waals surface area contributed by atoms with Crippen LogP contribution in [0.5, 0.6) is 5.75 Å². The minimum absolute atomic E-state index is 0.141. The highest BCUT2D eigenvalue weighted by molar-refractivity contribution is 6.32. The number of nitrogens with one attached hydrogen (secondary N) is 1. The van der Waals surface area contributed by atoms with Crippen LogP contribution >= 0.6 is 11.6 Å². The Kier molecular flexibility index (Phi) is 5.05. The molecule has 0 aliphatic carbocycles. The fraction of sp³-hybridized carbons (Fsp3) is 0.158. The maximum Gasteiger partial charge on any atom is 0.262 e. The molecule has 1 heterocycles. The molecular formula is C19H17ClN2O3. The van der Waals surface area contributed by atoms with E-state index in [0.717, 1.165) is 5.56 Å². The van der Waals surface area contributed by atoms with Crippen molar-refractivity contribution >= 4 is 35.2 Å². The average molecular weight is 357 g/mol. The summed E-state index contributed by atoms with van der Waals surface area (Å²) in [5.74, 6) is -0.0196. The molecule has 0 unspecified atom stereocenters. The second-order valence-corrected chi connectivity index (χ2v) is 5.90. The molecule has 1 atom stereocenters. The molecule has 0 saturated heterocycles. The highest BCUT2D eigenvalue weighted by Gasteiger charge is 2.32. The van der Waals surface area contributed by atoms with Gasteiger partial charge in [0.15, 0.2) is 6.10 Å². The van der Waals surface area contributed by atoms with Gasteiger partial charge in [0.1, 0.15) is 5.75 Å². The maximum absolute atomic E-state index is 12.7. The first-order valence-electron chi connectivity index (χ1n) is 7.81. The van der Waals surface area contributed by atoms with Gasteiger partial charge in [-0.3, -0.25) is 9.59 Å². The quantitative estimate of drug-likeness (QED) is 0.860. The average Bonchev–Trinajstić information content (AvgIpc) is 2.65. The summed E-state index contributed by atoms with van der Waals surface area (Å²) in [4.78, 5) is 26.2. The Bertz CT molecular complexity index is 835. The van der Waals surface area contributed by atoms with E-state index in [1.165, 1.54) is 18.0 Å². The van der Waals surface area contributed by atoms with Crippen LogP contribution in [-0.4, -0.2) is 31.5 Å². The lowest BCUT2D eigenvalue weighted by atomic mass is 10.1. The smallest absolute Gasteiger partial charge is 0.262 e. The molecule has 1 N–H and O–H groups in total. The second kappa shape index (κ2) is 7.40. The van der Waals surface area contributed by atoms with Crippen LogP contribution in [0.2, 0.25) is 5.02 Å². The molecule has 2 amide bonds. The van der Waals surface area contributed by atoms with Crippen molar-refractivity contribution in [3.8, 4) is 5.75 Å². The topological polar surface area (TPSA) is 58.6 Å². The molecule has 2 aromatic rings. The number of anilines is 1. The predicted octanol–water partition coefficient (Wildman–Crippen LogP) is 2.89. The minimum Gasteiger partial charge on any atom is -0.477 e. The summed E-state index contributed by atoms with van der Waals surface area (Å²) < 4.78 is 5.70. The van der Waals surface area contributed by atoms with Gasteiger partial charge in [0.25, 0.3) is 11.8 Å². The lowest BCUT2D eigenvalue weighted by Gasteiger charge is -2.33. The molecule has 3 rings (SSSR count). The van der Waals surface area contributed by atoms with Crippen molar-refractivity contribution in [3.63, 3.8) is 0 Å². The third-order valence-corrected chi connectivity index (χ3v) is 4.23. The van der Waals surface area contributed by atoms with Crippen molar-refractivity contribution in [1.29, 1.82) is 0 Å². The summed E-state index contributed by atoms with van der Waals surface area (Å²) >= 11 is 6.11. The molecule has 0 fully saturated rings. The van der Waals surface area contributed by atoms with Gasteiger partial charge in [-0.2, -0.15) is 0 Å². The molecule has 0 spiro atoms. The van der Waals surface area contributed by atoms with Crippen LogP contribution in [0.1, 0.15) is 5.56 Å². The van der Waals surface area contributed by atoms with E-state index in [0.29, 0.717) is 16.5 Å². The summed E-state index contributed by atoms with van der Waals surface area (Å²) in [6, 6.07) is 14.4. The molecule has 1 aliphatic heterocycles. The molecule has 0 aromatic heterocycles. The van der Waals surface area contributed by atoms with E-state index < -0.39 is 6.10 Å². The number of ether oxygens (including phenoxy) is 1.